The number of piperidine rings is 1. The van der Waals surface area contributed by atoms with Gasteiger partial charge in [0, 0.05) is 30.6 Å². The molecule has 2 atom stereocenters. The van der Waals surface area contributed by atoms with Crippen LogP contribution in [0.15, 0.2) is 66.0 Å². The summed E-state index contributed by atoms with van der Waals surface area (Å²) in [4.78, 5) is 29.2. The molecule has 2 unspecified atom stereocenters. The summed E-state index contributed by atoms with van der Waals surface area (Å²) in [6, 6.07) is 19.7. The topological polar surface area (TPSA) is 58.6 Å². The van der Waals surface area contributed by atoms with Crippen molar-refractivity contribution in [3.8, 4) is 0 Å². The van der Waals surface area contributed by atoms with Crippen LogP contribution in [-0.2, 0) is 27.5 Å². The van der Waals surface area contributed by atoms with Gasteiger partial charge in [-0.15, -0.1) is 11.3 Å². The van der Waals surface area contributed by atoms with Crippen molar-refractivity contribution in [2.24, 2.45) is 5.92 Å². The zero-order valence-electron chi connectivity index (χ0n) is 18.4. The highest BCUT2D eigenvalue weighted by atomic mass is 32.1. The summed E-state index contributed by atoms with van der Waals surface area (Å²) in [7, 11) is 1.67. The fourth-order valence-corrected chi connectivity index (χ4v) is 5.16. The molecule has 0 saturated carbocycles. The molecule has 1 aliphatic rings. The van der Waals surface area contributed by atoms with Gasteiger partial charge in [0.2, 0.25) is 11.8 Å². The summed E-state index contributed by atoms with van der Waals surface area (Å²) in [6.07, 6.45) is 0.899. The number of nitrogens with zero attached hydrogens (tertiary/aromatic N) is 1. The van der Waals surface area contributed by atoms with Gasteiger partial charge in [0.25, 0.3) is 0 Å². The quantitative estimate of drug-likeness (QED) is 0.553. The van der Waals surface area contributed by atoms with E-state index in [0.717, 1.165) is 27.3 Å². The molecule has 1 saturated heterocycles. The summed E-state index contributed by atoms with van der Waals surface area (Å²) < 4.78 is 5.21. The lowest BCUT2D eigenvalue weighted by molar-refractivity contribution is -0.129. The van der Waals surface area contributed by atoms with Crippen LogP contribution in [0.3, 0.4) is 0 Å². The van der Waals surface area contributed by atoms with E-state index in [-0.39, 0.29) is 23.8 Å². The fourth-order valence-electron chi connectivity index (χ4n) is 4.28. The van der Waals surface area contributed by atoms with Gasteiger partial charge < -0.3 is 15.0 Å². The number of carbonyl (C=O) groups is 2. The minimum atomic E-state index is -0.310. The summed E-state index contributed by atoms with van der Waals surface area (Å²) in [5, 5.41) is 5.11. The molecule has 0 spiro atoms. The smallest absolute Gasteiger partial charge is 0.227 e. The second kappa shape index (κ2) is 10.1. The Balaban J connectivity index is 1.57. The second-order valence-electron chi connectivity index (χ2n) is 8.18. The van der Waals surface area contributed by atoms with Gasteiger partial charge in [-0.2, -0.15) is 0 Å². The molecular weight excluding hydrogens is 420 g/mol. The Bertz CT molecular complexity index is 1060. The predicted octanol–water partition coefficient (Wildman–Crippen LogP) is 5.00. The predicted molar refractivity (Wildman–Crippen MR) is 127 cm³/mol. The van der Waals surface area contributed by atoms with Crippen LogP contribution in [0.25, 0.3) is 0 Å². The van der Waals surface area contributed by atoms with E-state index in [1.807, 2.05) is 77.9 Å². The number of methoxy groups -OCH3 is 1. The number of amides is 2. The first kappa shape index (κ1) is 22.2. The summed E-state index contributed by atoms with van der Waals surface area (Å²) in [5.41, 5.74) is 4.08. The number of benzene rings is 2. The van der Waals surface area contributed by atoms with Crippen molar-refractivity contribution in [2.45, 2.75) is 39.0 Å². The number of hydrogen-bond acceptors (Lipinski definition) is 4. The number of anilines is 1. The van der Waals surface area contributed by atoms with Gasteiger partial charge in [0.15, 0.2) is 0 Å². The van der Waals surface area contributed by atoms with Crippen molar-refractivity contribution in [2.75, 3.05) is 12.0 Å². The molecule has 0 bridgehead atoms. The van der Waals surface area contributed by atoms with Gasteiger partial charge in [-0.1, -0.05) is 48.0 Å². The Morgan fingerprint density at radius 2 is 1.91 bits per heavy atom. The Morgan fingerprint density at radius 3 is 2.62 bits per heavy atom. The molecule has 1 aliphatic heterocycles. The number of aryl methyl sites for hydroxylation is 1. The summed E-state index contributed by atoms with van der Waals surface area (Å²) in [5.74, 6) is -0.275. The number of ether oxygens (including phenoxy) is 1. The van der Waals surface area contributed by atoms with Crippen LogP contribution >= 0.6 is 11.3 Å². The van der Waals surface area contributed by atoms with Gasteiger partial charge in [-0.25, -0.2) is 0 Å². The molecule has 1 N–H and O–H groups in total. The van der Waals surface area contributed by atoms with Crippen molar-refractivity contribution in [1.82, 2.24) is 5.32 Å². The maximum absolute atomic E-state index is 13.4. The van der Waals surface area contributed by atoms with E-state index in [2.05, 4.69) is 5.32 Å². The number of rotatable bonds is 7. The largest absolute Gasteiger partial charge is 0.380 e. The van der Waals surface area contributed by atoms with Gasteiger partial charge in [-0.05, 0) is 48.1 Å². The normalized spacial score (nSPS) is 18.6. The standard InChI is InChI=1S/C26H28N2O3S/c1-18-8-10-21(11-9-18)28-24(29)13-12-22(25(28)23-7-4-14-32-23)26(30)27-16-19-5-3-6-20(15-19)17-31-2/h3-11,14-15,22,25H,12-13,16-17H2,1-2H3,(H,27,30). The van der Waals surface area contributed by atoms with E-state index in [4.69, 9.17) is 4.74 Å². The molecule has 3 aromatic rings. The third-order valence-electron chi connectivity index (χ3n) is 5.85. The SMILES string of the molecule is COCc1cccc(CNC(=O)C2CCC(=O)N(c3ccc(C)cc3)C2c2cccs2)c1. The molecule has 0 radical (unpaired) electrons. The van der Waals surface area contributed by atoms with E-state index in [0.29, 0.717) is 26.0 Å². The zero-order chi connectivity index (χ0) is 22.5. The molecule has 2 amide bonds. The third kappa shape index (κ3) is 4.92. The fraction of sp³-hybridized carbons (Fsp3) is 0.308. The Morgan fingerprint density at radius 1 is 1.12 bits per heavy atom. The molecule has 166 valence electrons. The molecule has 1 aromatic heterocycles. The van der Waals surface area contributed by atoms with Gasteiger partial charge in [0.05, 0.1) is 18.6 Å². The Kier molecular flexibility index (Phi) is 7.02. The van der Waals surface area contributed by atoms with E-state index in [1.165, 1.54) is 0 Å². The van der Waals surface area contributed by atoms with E-state index in [9.17, 15) is 9.59 Å². The van der Waals surface area contributed by atoms with Crippen LogP contribution < -0.4 is 10.2 Å². The highest BCUT2D eigenvalue weighted by Gasteiger charge is 2.41. The van der Waals surface area contributed by atoms with Crippen LogP contribution in [0.1, 0.15) is 40.5 Å². The van der Waals surface area contributed by atoms with E-state index < -0.39 is 0 Å². The number of carbonyl (C=O) groups excluding carboxylic acids is 2. The summed E-state index contributed by atoms with van der Waals surface area (Å²) >= 11 is 1.59. The highest BCUT2D eigenvalue weighted by molar-refractivity contribution is 7.10. The molecule has 2 heterocycles. The third-order valence-corrected chi connectivity index (χ3v) is 6.79. The first-order valence-corrected chi connectivity index (χ1v) is 11.7. The number of nitrogens with one attached hydrogen (secondary N) is 1. The average molecular weight is 449 g/mol. The monoisotopic (exact) mass is 448 g/mol. The first-order valence-electron chi connectivity index (χ1n) is 10.8. The lowest BCUT2D eigenvalue weighted by atomic mass is 9.86. The molecule has 4 rings (SSSR count). The molecule has 1 fully saturated rings. The Labute approximate surface area is 193 Å². The Hall–Kier alpha value is -2.96. The molecule has 0 aliphatic carbocycles. The average Bonchev–Trinajstić information content (AvgIpc) is 3.33. The number of thiophene rings is 1. The summed E-state index contributed by atoms with van der Waals surface area (Å²) in [6.45, 7) is 3.01. The van der Waals surface area contributed by atoms with Gasteiger partial charge >= 0.3 is 0 Å². The lowest BCUT2D eigenvalue weighted by Crippen LogP contribution is -2.48. The first-order chi connectivity index (χ1) is 15.6. The van der Waals surface area contributed by atoms with Crippen LogP contribution in [0.5, 0.6) is 0 Å². The molecule has 32 heavy (non-hydrogen) atoms. The second-order valence-corrected chi connectivity index (χ2v) is 9.15. The molecule has 5 nitrogen and oxygen atoms in total. The van der Waals surface area contributed by atoms with Crippen molar-refractivity contribution in [3.63, 3.8) is 0 Å². The molecule has 2 aromatic carbocycles. The van der Waals surface area contributed by atoms with Crippen LogP contribution in [0.2, 0.25) is 0 Å². The van der Waals surface area contributed by atoms with Crippen LogP contribution in [-0.4, -0.2) is 18.9 Å². The minimum Gasteiger partial charge on any atom is -0.380 e. The van der Waals surface area contributed by atoms with E-state index in [1.54, 1.807) is 18.4 Å². The zero-order valence-corrected chi connectivity index (χ0v) is 19.2. The maximum atomic E-state index is 13.4. The van der Waals surface area contributed by atoms with Crippen molar-refractivity contribution >= 4 is 28.8 Å². The minimum absolute atomic E-state index is 0.0230. The van der Waals surface area contributed by atoms with Gasteiger partial charge in [0.1, 0.15) is 0 Å². The lowest BCUT2D eigenvalue weighted by Gasteiger charge is -2.40. The van der Waals surface area contributed by atoms with Crippen molar-refractivity contribution in [1.29, 1.82) is 0 Å². The van der Waals surface area contributed by atoms with Crippen molar-refractivity contribution in [3.05, 3.63) is 87.6 Å². The van der Waals surface area contributed by atoms with Crippen LogP contribution in [0, 0.1) is 12.8 Å². The molecular formula is C26H28N2O3S. The highest BCUT2D eigenvalue weighted by Crippen LogP contribution is 2.41. The molecule has 6 heteroatoms. The van der Waals surface area contributed by atoms with Gasteiger partial charge in [-0.3, -0.25) is 9.59 Å². The van der Waals surface area contributed by atoms with Crippen LogP contribution in [0.4, 0.5) is 5.69 Å². The maximum Gasteiger partial charge on any atom is 0.227 e. The van der Waals surface area contributed by atoms with Crippen molar-refractivity contribution < 1.29 is 14.3 Å². The van der Waals surface area contributed by atoms with E-state index >= 15 is 0 Å². The number of hydrogen-bond donors (Lipinski definition) is 1.